The highest BCUT2D eigenvalue weighted by Gasteiger charge is 2.26. The minimum Gasteiger partial charge on any atom is -0.454 e. The van der Waals surface area contributed by atoms with Crippen LogP contribution in [0, 0.1) is 0 Å². The average Bonchev–Trinajstić information content (AvgIpc) is 3.58. The van der Waals surface area contributed by atoms with Gasteiger partial charge in [-0.1, -0.05) is 103 Å². The molecule has 39 heavy (non-hydrogen) atoms. The van der Waals surface area contributed by atoms with Gasteiger partial charge in [0.1, 0.15) is 11.2 Å². The molecule has 2 aromatic heterocycles. The molecule has 8 aromatic rings. The molecule has 0 saturated carbocycles. The third kappa shape index (κ3) is 3.37. The number of benzene rings is 6. The third-order valence-electron chi connectivity index (χ3n) is 7.47. The van der Waals surface area contributed by atoms with Crippen LogP contribution in [-0.4, -0.2) is 0 Å². The van der Waals surface area contributed by atoms with Crippen molar-refractivity contribution in [2.45, 2.75) is 0 Å². The van der Waals surface area contributed by atoms with Crippen molar-refractivity contribution in [1.29, 1.82) is 0 Å². The van der Waals surface area contributed by atoms with Crippen molar-refractivity contribution in [3.63, 3.8) is 0 Å². The van der Waals surface area contributed by atoms with E-state index in [1.165, 1.54) is 0 Å². The highest BCUT2D eigenvalue weighted by Crippen LogP contribution is 2.49. The van der Waals surface area contributed by atoms with Crippen molar-refractivity contribution < 1.29 is 8.83 Å². The van der Waals surface area contributed by atoms with Crippen molar-refractivity contribution in [3.8, 4) is 11.1 Å². The molecule has 0 aliphatic heterocycles. The monoisotopic (exact) mass is 501 g/mol. The normalized spacial score (nSPS) is 11.6. The number of anilines is 3. The fourth-order valence-electron chi connectivity index (χ4n) is 5.72. The van der Waals surface area contributed by atoms with Crippen LogP contribution in [0.15, 0.2) is 148 Å². The molecule has 0 radical (unpaired) electrons. The summed E-state index contributed by atoms with van der Waals surface area (Å²) in [6.07, 6.45) is 0. The maximum Gasteiger partial charge on any atom is 0.160 e. The molecule has 0 amide bonds. The first-order chi connectivity index (χ1) is 19.4. The molecular weight excluding hydrogens is 478 g/mol. The second-order valence-corrected chi connectivity index (χ2v) is 9.73. The molecule has 0 saturated heterocycles. The van der Waals surface area contributed by atoms with Gasteiger partial charge in [0.25, 0.3) is 0 Å². The number of fused-ring (bicyclic) bond motifs is 6. The zero-order valence-electron chi connectivity index (χ0n) is 21.0. The average molecular weight is 502 g/mol. The summed E-state index contributed by atoms with van der Waals surface area (Å²) in [5.74, 6) is 0. The molecule has 6 aromatic carbocycles. The van der Waals surface area contributed by atoms with Gasteiger partial charge in [0, 0.05) is 32.8 Å². The van der Waals surface area contributed by atoms with Crippen molar-refractivity contribution in [2.24, 2.45) is 0 Å². The van der Waals surface area contributed by atoms with Crippen LogP contribution < -0.4 is 4.90 Å². The minimum absolute atomic E-state index is 0.842. The first-order valence-electron chi connectivity index (χ1n) is 13.1. The van der Waals surface area contributed by atoms with Gasteiger partial charge < -0.3 is 13.7 Å². The van der Waals surface area contributed by atoms with E-state index in [4.69, 9.17) is 8.83 Å². The van der Waals surface area contributed by atoms with E-state index in [0.717, 1.165) is 72.1 Å². The minimum atomic E-state index is 0.842. The second kappa shape index (κ2) is 8.64. The van der Waals surface area contributed by atoms with Crippen molar-refractivity contribution >= 4 is 60.9 Å². The van der Waals surface area contributed by atoms with E-state index in [9.17, 15) is 0 Å². The predicted octanol–water partition coefficient (Wildman–Crippen LogP) is 10.6. The van der Waals surface area contributed by atoms with E-state index in [1.807, 2.05) is 36.4 Å². The lowest BCUT2D eigenvalue weighted by Gasteiger charge is -2.28. The molecular formula is C36H23NO2. The molecule has 0 aliphatic rings. The summed E-state index contributed by atoms with van der Waals surface area (Å²) in [4.78, 5) is 2.29. The van der Waals surface area contributed by atoms with Crippen LogP contribution in [0.4, 0.5) is 17.1 Å². The fourth-order valence-corrected chi connectivity index (χ4v) is 5.72. The second-order valence-electron chi connectivity index (χ2n) is 9.73. The van der Waals surface area contributed by atoms with Gasteiger partial charge in [-0.05, 0) is 42.0 Å². The van der Waals surface area contributed by atoms with Crippen molar-refractivity contribution in [2.75, 3.05) is 4.90 Å². The highest BCUT2D eigenvalue weighted by atomic mass is 16.3. The summed E-state index contributed by atoms with van der Waals surface area (Å²) in [5.41, 5.74) is 8.59. The van der Waals surface area contributed by atoms with Gasteiger partial charge in [-0.25, -0.2) is 0 Å². The molecule has 0 N–H and O–H groups in total. The lowest BCUT2D eigenvalue weighted by atomic mass is 9.99. The maximum absolute atomic E-state index is 6.67. The Kier molecular flexibility index (Phi) is 4.82. The van der Waals surface area contributed by atoms with Crippen LogP contribution in [0.2, 0.25) is 0 Å². The van der Waals surface area contributed by atoms with E-state index in [1.54, 1.807) is 0 Å². The number of nitrogens with zero attached hydrogens (tertiary/aromatic N) is 1. The van der Waals surface area contributed by atoms with Gasteiger partial charge >= 0.3 is 0 Å². The van der Waals surface area contributed by atoms with Gasteiger partial charge in [-0.2, -0.15) is 0 Å². The summed E-state index contributed by atoms with van der Waals surface area (Å²) in [6, 6.07) is 48.2. The molecule has 3 nitrogen and oxygen atoms in total. The molecule has 0 bridgehead atoms. The van der Waals surface area contributed by atoms with E-state index in [0.29, 0.717) is 0 Å². The molecule has 2 heterocycles. The zero-order chi connectivity index (χ0) is 25.8. The molecule has 184 valence electrons. The summed E-state index contributed by atoms with van der Waals surface area (Å²) < 4.78 is 13.2. The topological polar surface area (TPSA) is 29.5 Å². The van der Waals surface area contributed by atoms with Gasteiger partial charge in [-0.3, -0.25) is 0 Å². The van der Waals surface area contributed by atoms with Crippen molar-refractivity contribution in [1.82, 2.24) is 0 Å². The summed E-state index contributed by atoms with van der Waals surface area (Å²) in [5, 5.41) is 4.37. The number of para-hydroxylation sites is 4. The van der Waals surface area contributed by atoms with E-state index in [-0.39, 0.29) is 0 Å². The molecule has 0 fully saturated rings. The first kappa shape index (κ1) is 21.8. The van der Waals surface area contributed by atoms with E-state index in [2.05, 4.69) is 108 Å². The van der Waals surface area contributed by atoms with Crippen LogP contribution >= 0.6 is 0 Å². The fraction of sp³-hybridized carbons (Fsp3) is 0. The Labute approximate surface area is 225 Å². The third-order valence-corrected chi connectivity index (χ3v) is 7.47. The van der Waals surface area contributed by atoms with Gasteiger partial charge in [0.05, 0.1) is 11.4 Å². The predicted molar refractivity (Wildman–Crippen MR) is 161 cm³/mol. The largest absolute Gasteiger partial charge is 0.454 e. The van der Waals surface area contributed by atoms with Gasteiger partial charge in [0.15, 0.2) is 11.2 Å². The lowest BCUT2D eigenvalue weighted by molar-refractivity contribution is 0.666. The Hall–Kier alpha value is -5.28. The summed E-state index contributed by atoms with van der Waals surface area (Å²) in [6.45, 7) is 0. The first-order valence-corrected chi connectivity index (χ1v) is 13.1. The molecule has 0 aliphatic carbocycles. The van der Waals surface area contributed by atoms with Gasteiger partial charge in [0.2, 0.25) is 0 Å². The standard InChI is InChI=1S/C36H23NO2/c1-3-12-24(13-4-1)26-22-23-30-28-17-8-10-21-33(28)39-36(30)34(26)37(25-14-5-2-6-15-25)31-19-11-18-29-27-16-7-9-20-32(27)38-35(29)31/h1-23H. The summed E-state index contributed by atoms with van der Waals surface area (Å²) >= 11 is 0. The number of hydrogen-bond acceptors (Lipinski definition) is 3. The number of furan rings is 2. The Morgan fingerprint density at radius 3 is 1.69 bits per heavy atom. The van der Waals surface area contributed by atoms with Crippen LogP contribution in [-0.2, 0) is 0 Å². The number of hydrogen-bond donors (Lipinski definition) is 0. The maximum atomic E-state index is 6.67. The quantitative estimate of drug-likeness (QED) is 0.240. The van der Waals surface area contributed by atoms with E-state index >= 15 is 0 Å². The molecule has 0 spiro atoms. The van der Waals surface area contributed by atoms with Crippen molar-refractivity contribution in [3.05, 3.63) is 140 Å². The molecule has 0 unspecified atom stereocenters. The SMILES string of the molecule is c1ccc(-c2ccc3c(oc4ccccc43)c2N(c2ccccc2)c2cccc3c2oc2ccccc23)cc1. The van der Waals surface area contributed by atoms with Crippen LogP contribution in [0.25, 0.3) is 55.0 Å². The molecule has 3 heteroatoms. The Morgan fingerprint density at radius 1 is 0.410 bits per heavy atom. The van der Waals surface area contributed by atoms with Gasteiger partial charge in [-0.15, -0.1) is 0 Å². The highest BCUT2D eigenvalue weighted by molar-refractivity contribution is 6.16. The number of rotatable bonds is 4. The molecule has 8 rings (SSSR count). The summed E-state index contributed by atoms with van der Waals surface area (Å²) in [7, 11) is 0. The van der Waals surface area contributed by atoms with Crippen LogP contribution in [0.1, 0.15) is 0 Å². The Morgan fingerprint density at radius 2 is 0.974 bits per heavy atom. The smallest absolute Gasteiger partial charge is 0.160 e. The Bertz CT molecular complexity index is 2120. The van der Waals surface area contributed by atoms with E-state index < -0.39 is 0 Å². The molecule has 0 atom stereocenters. The Balaban J connectivity index is 1.54. The lowest BCUT2D eigenvalue weighted by Crippen LogP contribution is -2.12. The van der Waals surface area contributed by atoms with Crippen LogP contribution in [0.5, 0.6) is 0 Å². The van der Waals surface area contributed by atoms with Crippen LogP contribution in [0.3, 0.4) is 0 Å². The zero-order valence-corrected chi connectivity index (χ0v) is 21.0.